The minimum atomic E-state index is -1.02. The standard InChI is InChI=1S/C29H40O7/c1-19-6-3-7-21-8-4-9-22(34-21)10-5-11-28(32)35-26(18-27-29(36-27)25(31)17-19)24(30)13-12-23-16-20(2)14-15-33-23/h4-5,9,11-14,21-27,29-31H,1,3,6-8,10,15-18H2,2H3/t21-,22+,23-,24+,25+,26+,27-,29+/m1/s1. The zero-order valence-corrected chi connectivity index (χ0v) is 21.2. The van der Waals surface area contributed by atoms with Gasteiger partial charge < -0.3 is 29.2 Å². The number of cyclic esters (lactones) is 1. The van der Waals surface area contributed by atoms with Crippen molar-refractivity contribution in [1.29, 1.82) is 0 Å². The molecule has 0 spiro atoms. The smallest absolute Gasteiger partial charge is 0.330 e. The molecule has 0 aromatic rings. The molecule has 2 bridgehead atoms. The molecule has 4 aliphatic heterocycles. The van der Waals surface area contributed by atoms with Crippen molar-refractivity contribution in [3.05, 3.63) is 60.3 Å². The minimum Gasteiger partial charge on any atom is -0.456 e. The topological polar surface area (TPSA) is 97.8 Å². The number of rotatable bonds is 3. The molecule has 0 radical (unpaired) electrons. The van der Waals surface area contributed by atoms with E-state index in [9.17, 15) is 15.0 Å². The maximum Gasteiger partial charge on any atom is 0.330 e. The van der Waals surface area contributed by atoms with E-state index in [1.165, 1.54) is 11.6 Å². The van der Waals surface area contributed by atoms with Crippen molar-refractivity contribution in [2.75, 3.05) is 6.61 Å². The molecule has 0 unspecified atom stereocenters. The number of ether oxygens (including phenoxy) is 4. The number of esters is 1. The fourth-order valence-electron chi connectivity index (χ4n) is 5.06. The van der Waals surface area contributed by atoms with E-state index < -0.39 is 24.3 Å². The Labute approximate surface area is 214 Å². The van der Waals surface area contributed by atoms with E-state index in [-0.39, 0.29) is 30.5 Å². The van der Waals surface area contributed by atoms with E-state index in [0.29, 0.717) is 25.9 Å². The first kappa shape index (κ1) is 27.0. The van der Waals surface area contributed by atoms with E-state index >= 15 is 0 Å². The lowest BCUT2D eigenvalue weighted by Crippen LogP contribution is -2.32. The summed E-state index contributed by atoms with van der Waals surface area (Å²) >= 11 is 0. The SMILES string of the molecule is C=C1CCC[C@@H]2CC=C[C@@H](CC=CC(=O)O[C@H]([C@@H](O)C=C[C@@H]3CC(C)=CCO3)C[C@H]3O[C@H]3[C@@H](O)C1)O2. The Morgan fingerprint density at radius 3 is 2.89 bits per heavy atom. The van der Waals surface area contributed by atoms with Crippen molar-refractivity contribution in [2.24, 2.45) is 0 Å². The summed E-state index contributed by atoms with van der Waals surface area (Å²) in [7, 11) is 0. The summed E-state index contributed by atoms with van der Waals surface area (Å²) in [6.07, 6.45) is 15.3. The number of epoxide rings is 1. The third kappa shape index (κ3) is 8.25. The summed E-state index contributed by atoms with van der Waals surface area (Å²) < 4.78 is 23.2. The van der Waals surface area contributed by atoms with Crippen LogP contribution in [0.5, 0.6) is 0 Å². The molecule has 4 heterocycles. The van der Waals surface area contributed by atoms with E-state index in [1.807, 2.05) is 18.2 Å². The lowest BCUT2D eigenvalue weighted by Gasteiger charge is -2.25. The summed E-state index contributed by atoms with van der Waals surface area (Å²) in [5.41, 5.74) is 2.23. The molecule has 36 heavy (non-hydrogen) atoms. The van der Waals surface area contributed by atoms with Gasteiger partial charge in [0.15, 0.2) is 0 Å². The molecule has 7 nitrogen and oxygen atoms in total. The van der Waals surface area contributed by atoms with Gasteiger partial charge in [0, 0.05) is 12.5 Å². The number of hydrogen-bond acceptors (Lipinski definition) is 7. The fraction of sp³-hybridized carbons (Fsp3) is 0.621. The van der Waals surface area contributed by atoms with Crippen LogP contribution in [-0.2, 0) is 23.7 Å². The van der Waals surface area contributed by atoms with Gasteiger partial charge in [0.05, 0.1) is 37.1 Å². The average molecular weight is 501 g/mol. The van der Waals surface area contributed by atoms with Crippen molar-refractivity contribution in [1.82, 2.24) is 0 Å². The van der Waals surface area contributed by atoms with Gasteiger partial charge in [0.2, 0.25) is 0 Å². The van der Waals surface area contributed by atoms with Crippen LogP contribution < -0.4 is 0 Å². The third-order valence-electron chi connectivity index (χ3n) is 7.20. The highest BCUT2D eigenvalue weighted by Gasteiger charge is 2.46. The fourth-order valence-corrected chi connectivity index (χ4v) is 5.06. The molecule has 0 aliphatic carbocycles. The van der Waals surface area contributed by atoms with Crippen LogP contribution in [0.25, 0.3) is 0 Å². The van der Waals surface area contributed by atoms with Gasteiger partial charge in [0.1, 0.15) is 18.3 Å². The summed E-state index contributed by atoms with van der Waals surface area (Å²) in [4.78, 5) is 12.6. The molecule has 4 rings (SSSR count). The van der Waals surface area contributed by atoms with Crippen LogP contribution in [0, 0.1) is 0 Å². The van der Waals surface area contributed by atoms with E-state index in [4.69, 9.17) is 18.9 Å². The molecule has 2 N–H and O–H groups in total. The lowest BCUT2D eigenvalue weighted by atomic mass is 9.97. The van der Waals surface area contributed by atoms with Crippen molar-refractivity contribution < 1.29 is 34.0 Å². The molecule has 0 aromatic heterocycles. The van der Waals surface area contributed by atoms with Gasteiger partial charge in [-0.05, 0) is 51.9 Å². The van der Waals surface area contributed by atoms with Gasteiger partial charge in [-0.25, -0.2) is 4.79 Å². The number of aliphatic hydroxyl groups excluding tert-OH is 2. The van der Waals surface area contributed by atoms with Crippen molar-refractivity contribution in [2.45, 2.75) is 107 Å². The van der Waals surface area contributed by atoms with E-state index in [1.54, 1.807) is 12.2 Å². The second-order valence-corrected chi connectivity index (χ2v) is 10.4. The van der Waals surface area contributed by atoms with E-state index in [2.05, 4.69) is 19.6 Å². The highest BCUT2D eigenvalue weighted by atomic mass is 16.6. The molecule has 8 atom stereocenters. The van der Waals surface area contributed by atoms with Gasteiger partial charge in [-0.2, -0.15) is 0 Å². The molecule has 1 fully saturated rings. The van der Waals surface area contributed by atoms with Gasteiger partial charge in [-0.1, -0.05) is 54.2 Å². The van der Waals surface area contributed by atoms with Gasteiger partial charge in [0.25, 0.3) is 0 Å². The second kappa shape index (κ2) is 13.0. The van der Waals surface area contributed by atoms with Crippen LogP contribution in [0.3, 0.4) is 0 Å². The molecule has 198 valence electrons. The van der Waals surface area contributed by atoms with Crippen LogP contribution >= 0.6 is 0 Å². The monoisotopic (exact) mass is 500 g/mol. The largest absolute Gasteiger partial charge is 0.456 e. The first-order chi connectivity index (χ1) is 17.4. The lowest BCUT2D eigenvalue weighted by molar-refractivity contribution is -0.148. The zero-order chi connectivity index (χ0) is 25.5. The van der Waals surface area contributed by atoms with Gasteiger partial charge >= 0.3 is 5.97 Å². The van der Waals surface area contributed by atoms with Gasteiger partial charge in [-0.15, -0.1) is 0 Å². The molecule has 1 saturated heterocycles. The average Bonchev–Trinajstić information content (AvgIpc) is 3.61. The Balaban J connectivity index is 1.43. The normalized spacial score (nSPS) is 37.4. The molecular formula is C29H40O7. The highest BCUT2D eigenvalue weighted by molar-refractivity contribution is 5.82. The van der Waals surface area contributed by atoms with Crippen LogP contribution in [0.15, 0.2) is 60.3 Å². The molecule has 4 aliphatic rings. The number of hydrogen-bond donors (Lipinski definition) is 2. The first-order valence-corrected chi connectivity index (χ1v) is 13.2. The predicted octanol–water partition coefficient (Wildman–Crippen LogP) is 3.86. The Hall–Kier alpha value is -2.03. The summed E-state index contributed by atoms with van der Waals surface area (Å²) in [5.74, 6) is -0.524. The van der Waals surface area contributed by atoms with Crippen LogP contribution in [-0.4, -0.2) is 71.6 Å². The van der Waals surface area contributed by atoms with E-state index in [0.717, 1.165) is 37.7 Å². The zero-order valence-electron chi connectivity index (χ0n) is 21.2. The Bertz CT molecular complexity index is 888. The van der Waals surface area contributed by atoms with Crippen molar-refractivity contribution in [3.63, 3.8) is 0 Å². The number of aliphatic hydroxyl groups is 2. The Kier molecular flexibility index (Phi) is 9.73. The quantitative estimate of drug-likeness (QED) is 0.345. The molecule has 7 heteroatoms. The van der Waals surface area contributed by atoms with Crippen molar-refractivity contribution in [3.8, 4) is 0 Å². The van der Waals surface area contributed by atoms with Gasteiger partial charge in [-0.3, -0.25) is 0 Å². The summed E-state index contributed by atoms with van der Waals surface area (Å²) in [6, 6.07) is 0. The molecule has 0 saturated carbocycles. The van der Waals surface area contributed by atoms with Crippen molar-refractivity contribution >= 4 is 5.97 Å². The Morgan fingerprint density at radius 1 is 1.19 bits per heavy atom. The second-order valence-electron chi connectivity index (χ2n) is 10.4. The third-order valence-corrected chi connectivity index (χ3v) is 7.20. The predicted molar refractivity (Wildman–Crippen MR) is 136 cm³/mol. The number of carbonyl (C=O) groups excluding carboxylic acids is 1. The molecular weight excluding hydrogens is 460 g/mol. The van der Waals surface area contributed by atoms with Crippen LogP contribution in [0.4, 0.5) is 0 Å². The number of carbonyl (C=O) groups is 1. The molecule has 0 amide bonds. The number of fused-ring (bicyclic) bond motifs is 3. The maximum absolute atomic E-state index is 12.6. The maximum atomic E-state index is 12.6. The Morgan fingerprint density at radius 2 is 2.06 bits per heavy atom. The minimum absolute atomic E-state index is 0.0744. The highest BCUT2D eigenvalue weighted by Crippen LogP contribution is 2.34. The molecule has 0 aromatic carbocycles. The van der Waals surface area contributed by atoms with Crippen LogP contribution in [0.1, 0.15) is 58.3 Å². The summed E-state index contributed by atoms with van der Waals surface area (Å²) in [5, 5.41) is 21.5. The summed E-state index contributed by atoms with van der Waals surface area (Å²) in [6.45, 7) is 6.74. The van der Waals surface area contributed by atoms with Crippen LogP contribution in [0.2, 0.25) is 0 Å². The first-order valence-electron chi connectivity index (χ1n) is 13.2.